The average Bonchev–Trinajstić information content (AvgIpc) is 3.94. The van der Waals surface area contributed by atoms with Crippen LogP contribution in [0.25, 0.3) is 11.3 Å². The summed E-state index contributed by atoms with van der Waals surface area (Å²) in [5.74, 6) is 2.62. The van der Waals surface area contributed by atoms with E-state index in [1.54, 1.807) is 37.4 Å². The van der Waals surface area contributed by atoms with Crippen LogP contribution in [-0.4, -0.2) is 161 Å². The molecular formula is C53H71N9O8. The first-order chi connectivity index (χ1) is 33.3. The lowest BCUT2D eigenvalue weighted by Gasteiger charge is -2.37. The molecule has 1 unspecified atom stereocenters. The van der Waals surface area contributed by atoms with Crippen molar-refractivity contribution in [3.05, 3.63) is 83.0 Å². The maximum Gasteiger partial charge on any atom is 0.324 e. The highest BCUT2D eigenvalue weighted by atomic mass is 16.5. The molecule has 2 saturated heterocycles. The number of fused-ring (bicyclic) bond motifs is 5. The van der Waals surface area contributed by atoms with Crippen LogP contribution in [0.3, 0.4) is 0 Å². The highest BCUT2D eigenvalue weighted by Crippen LogP contribution is 2.45. The topological polar surface area (TPSA) is 180 Å². The van der Waals surface area contributed by atoms with Gasteiger partial charge < -0.3 is 39.5 Å². The number of benzene rings is 1. The Hall–Kier alpha value is -6.22. The van der Waals surface area contributed by atoms with Gasteiger partial charge in [0.2, 0.25) is 11.8 Å². The van der Waals surface area contributed by atoms with E-state index in [4.69, 9.17) is 14.5 Å². The highest BCUT2D eigenvalue weighted by Gasteiger charge is 2.43. The summed E-state index contributed by atoms with van der Waals surface area (Å²) in [4.78, 5) is 84.7. The van der Waals surface area contributed by atoms with Crippen molar-refractivity contribution in [3.63, 3.8) is 0 Å². The van der Waals surface area contributed by atoms with Crippen molar-refractivity contribution in [2.45, 2.75) is 111 Å². The molecule has 4 amide bonds. The van der Waals surface area contributed by atoms with Gasteiger partial charge in [-0.2, -0.15) is 0 Å². The second-order valence-corrected chi connectivity index (χ2v) is 20.5. The van der Waals surface area contributed by atoms with E-state index in [0.717, 1.165) is 28.2 Å². The zero-order valence-electron chi connectivity index (χ0n) is 42.5. The van der Waals surface area contributed by atoms with Gasteiger partial charge >= 0.3 is 5.97 Å². The van der Waals surface area contributed by atoms with Crippen LogP contribution in [0.1, 0.15) is 89.6 Å². The Bertz CT molecular complexity index is 2490. The first kappa shape index (κ1) is 51.6. The zero-order valence-corrected chi connectivity index (χ0v) is 42.5. The summed E-state index contributed by atoms with van der Waals surface area (Å²) in [5.41, 5.74) is 8.43. The third kappa shape index (κ3) is 11.4. The SMILES string of the molecule is CCN1C(c2cccnc2COC)=C2CC(C)(C)COC(=O)[C@@H]3CCCN(N3)C(=O)[C@@H](NC(=O)[C@H](C(C)C)N(C)C(=O)[C@H]3CCN(C(=O)C#C[C@H](C)N(C)C)C3)Cc3cc(O)cc(c3)C3=CN2C1C=C3. The molecule has 6 heterocycles. The number of likely N-dealkylation sites (N-methyl/N-ethyl adjacent to an activating group) is 2. The number of nitrogens with zero attached hydrogens (tertiary/aromatic N) is 7. The number of rotatable bonds is 10. The minimum Gasteiger partial charge on any atom is -0.508 e. The number of ether oxygens (including phenoxy) is 2. The van der Waals surface area contributed by atoms with Crippen molar-refractivity contribution < 1.29 is 38.6 Å². The molecule has 0 saturated carbocycles. The number of likely N-dealkylation sites (tertiary alicyclic amines) is 1. The van der Waals surface area contributed by atoms with Gasteiger partial charge in [0.05, 0.1) is 36.6 Å². The number of aromatic nitrogens is 1. The normalized spacial score (nSPS) is 23.3. The fraction of sp³-hybridized carbons (Fsp3) is 0.547. The van der Waals surface area contributed by atoms with Crippen molar-refractivity contribution in [1.29, 1.82) is 0 Å². The Morgan fingerprint density at radius 1 is 1.10 bits per heavy atom. The van der Waals surface area contributed by atoms with E-state index in [-0.39, 0.29) is 61.8 Å². The molecule has 6 atom stereocenters. The number of hydrogen-bond donors (Lipinski definition) is 3. The minimum atomic E-state index is -1.18. The van der Waals surface area contributed by atoms with Crippen LogP contribution in [0, 0.1) is 29.1 Å². The van der Waals surface area contributed by atoms with E-state index in [1.807, 2.05) is 58.0 Å². The molecule has 2 aromatic rings. The van der Waals surface area contributed by atoms with Crippen molar-refractivity contribution in [3.8, 4) is 17.6 Å². The van der Waals surface area contributed by atoms with Crippen molar-refractivity contribution in [2.24, 2.45) is 17.3 Å². The predicted molar refractivity (Wildman–Crippen MR) is 265 cm³/mol. The number of cyclic esters (lactones) is 1. The lowest BCUT2D eigenvalue weighted by molar-refractivity contribution is -0.155. The second kappa shape index (κ2) is 21.8. The number of methoxy groups -OCH3 is 1. The fourth-order valence-corrected chi connectivity index (χ4v) is 10.1. The summed E-state index contributed by atoms with van der Waals surface area (Å²) >= 11 is 0. The van der Waals surface area contributed by atoms with E-state index in [0.29, 0.717) is 56.5 Å². The number of phenols is 1. The van der Waals surface area contributed by atoms with Gasteiger partial charge in [0.25, 0.3) is 11.8 Å². The van der Waals surface area contributed by atoms with Gasteiger partial charge in [-0.25, -0.2) is 5.43 Å². The first-order valence-electron chi connectivity index (χ1n) is 24.5. The molecule has 0 spiro atoms. The molecule has 0 aliphatic carbocycles. The van der Waals surface area contributed by atoms with Gasteiger partial charge in [-0.1, -0.05) is 45.8 Å². The molecule has 17 heteroatoms. The van der Waals surface area contributed by atoms with Crippen LogP contribution in [0.2, 0.25) is 0 Å². The zero-order chi connectivity index (χ0) is 50.6. The Morgan fingerprint density at radius 3 is 2.59 bits per heavy atom. The largest absolute Gasteiger partial charge is 0.508 e. The number of amides is 4. The molecule has 0 radical (unpaired) electrons. The lowest BCUT2D eigenvalue weighted by atomic mass is 9.87. The molecule has 70 heavy (non-hydrogen) atoms. The molecular weight excluding hydrogens is 891 g/mol. The van der Waals surface area contributed by atoms with Gasteiger partial charge in [0.1, 0.15) is 30.0 Å². The number of pyridine rings is 1. The van der Waals surface area contributed by atoms with E-state index in [2.05, 4.69) is 71.5 Å². The summed E-state index contributed by atoms with van der Waals surface area (Å²) in [6, 6.07) is 6.09. The van der Waals surface area contributed by atoms with Crippen LogP contribution >= 0.6 is 0 Å². The molecule has 1 aromatic carbocycles. The maximum absolute atomic E-state index is 14.8. The fourth-order valence-electron chi connectivity index (χ4n) is 10.1. The standard InChI is InChI=1S/C53H71N9O8/c1-11-60-45-18-17-36-30-61(45)44(48(60)40-14-12-21-54-43(40)31-69-10)28-53(5,6)32-70-52(68)41-15-13-22-62(56-41)51(67)42(26-35-24-38(36)27-39(63)25-35)55-49(65)47(33(2)3)58(9)50(66)37-20-23-59(29-37)46(64)19-16-34(4)57(7)8/h12,14,17-18,21,24-25,27,30,33-34,37,41-42,45,47,56,63H,11,13,15,20,22-23,26,28-29,31-32H2,1-10H3,(H,55,65)/t34-,37-,41-,42-,45?,47-/m0/s1. The van der Waals surface area contributed by atoms with Crippen LogP contribution in [0.5, 0.6) is 5.75 Å². The Kier molecular flexibility index (Phi) is 16.1. The number of carbonyl (C=O) groups is 5. The minimum absolute atomic E-state index is 0.0174. The maximum atomic E-state index is 14.8. The molecule has 376 valence electrons. The smallest absolute Gasteiger partial charge is 0.324 e. The molecule has 5 aliphatic rings. The first-order valence-corrected chi connectivity index (χ1v) is 24.5. The number of carbonyl (C=O) groups excluding carboxylic acids is 5. The van der Waals surface area contributed by atoms with Crippen LogP contribution in [-0.2, 0) is 46.5 Å². The third-order valence-electron chi connectivity index (χ3n) is 14.0. The molecule has 3 N–H and O–H groups in total. The predicted octanol–water partition coefficient (Wildman–Crippen LogP) is 3.96. The van der Waals surface area contributed by atoms with Gasteiger partial charge in [-0.3, -0.25) is 38.9 Å². The Labute approximate surface area is 412 Å². The van der Waals surface area contributed by atoms with Gasteiger partial charge in [0, 0.05) is 75.8 Å². The summed E-state index contributed by atoms with van der Waals surface area (Å²) < 4.78 is 11.7. The molecule has 6 bridgehead atoms. The number of hydrogen-bond acceptors (Lipinski definition) is 13. The van der Waals surface area contributed by atoms with Crippen LogP contribution < -0.4 is 10.7 Å². The highest BCUT2D eigenvalue weighted by molar-refractivity contribution is 5.95. The number of esters is 1. The van der Waals surface area contributed by atoms with E-state index >= 15 is 0 Å². The van der Waals surface area contributed by atoms with E-state index in [1.165, 1.54) is 9.91 Å². The quantitative estimate of drug-likeness (QED) is 0.231. The van der Waals surface area contributed by atoms with Crippen molar-refractivity contribution in [1.82, 2.24) is 45.2 Å². The summed E-state index contributed by atoms with van der Waals surface area (Å²) in [6.07, 6.45) is 9.69. The Morgan fingerprint density at radius 2 is 1.87 bits per heavy atom. The Balaban J connectivity index is 1.22. The van der Waals surface area contributed by atoms with Crippen molar-refractivity contribution >= 4 is 40.9 Å². The monoisotopic (exact) mass is 962 g/mol. The van der Waals surface area contributed by atoms with Crippen molar-refractivity contribution in [2.75, 3.05) is 61.0 Å². The molecule has 7 rings (SSSR count). The number of aromatic hydroxyl groups is 1. The second-order valence-electron chi connectivity index (χ2n) is 20.5. The summed E-state index contributed by atoms with van der Waals surface area (Å²) in [5, 5.41) is 15.8. The number of phenolic OH excluding ortho intramolecular Hbond substituents is 1. The summed E-state index contributed by atoms with van der Waals surface area (Å²) in [6.45, 7) is 13.7. The molecule has 17 nitrogen and oxygen atoms in total. The number of allylic oxidation sites excluding steroid dienone is 3. The number of nitrogens with one attached hydrogen (secondary N) is 2. The van der Waals surface area contributed by atoms with E-state index < -0.39 is 47.2 Å². The van der Waals surface area contributed by atoms with Gasteiger partial charge in [-0.05, 0) is 113 Å². The van der Waals surface area contributed by atoms with Gasteiger partial charge in [-0.15, -0.1) is 0 Å². The molecule has 5 aliphatic heterocycles. The lowest BCUT2D eigenvalue weighted by Crippen LogP contribution is -2.62. The van der Waals surface area contributed by atoms with Crippen LogP contribution in [0.4, 0.5) is 0 Å². The summed E-state index contributed by atoms with van der Waals surface area (Å²) in [7, 11) is 7.00. The van der Waals surface area contributed by atoms with Gasteiger partial charge in [0.15, 0.2) is 0 Å². The molecule has 1 aromatic heterocycles. The third-order valence-corrected chi connectivity index (χ3v) is 14.0. The average molecular weight is 962 g/mol. The van der Waals surface area contributed by atoms with E-state index in [9.17, 15) is 29.1 Å². The molecule has 2 fully saturated rings. The number of hydrazine groups is 1. The van der Waals surface area contributed by atoms with Crippen LogP contribution in [0.15, 0.2) is 60.6 Å².